The summed E-state index contributed by atoms with van der Waals surface area (Å²) >= 11 is 0. The van der Waals surface area contributed by atoms with Crippen LogP contribution in [0.25, 0.3) is 11.2 Å². The number of hydrogen-bond donors (Lipinski definition) is 9. The quantitative estimate of drug-likeness (QED) is 0.178. The van der Waals surface area contributed by atoms with E-state index in [0.29, 0.717) is 0 Å². The van der Waals surface area contributed by atoms with Gasteiger partial charge in [-0.25, -0.2) is 18.8 Å². The number of H-pyrrole nitrogens is 1. The highest BCUT2D eigenvalue weighted by Gasteiger charge is 2.36. The normalized spacial score (nSPS) is 18.0. The molecule has 0 aliphatic rings. The van der Waals surface area contributed by atoms with Gasteiger partial charge in [0.1, 0.15) is 17.7 Å². The predicted molar refractivity (Wildman–Crippen MR) is 87.9 cm³/mol. The van der Waals surface area contributed by atoms with Gasteiger partial charge in [0.25, 0.3) is 0 Å². The monoisotopic (exact) mass is 429 g/mol. The standard InChI is InChI=1S/C10H17N5O10P2/c16-2-5(18)7(19)4(17)1-11-8-6-9(13-3-12-6)15-10(14-8)26(20,21)25-27(22,23)24/h3-5,7,16-19H,1-2H2,(H,20,21)(H2,22,23,24)(H2,11,12,13,14,15)/t4-,5+,7-/m0/s1. The fraction of sp³-hybridized carbons (Fsp3) is 0.500. The Labute approximate surface area is 150 Å². The zero-order chi connectivity index (χ0) is 20.4. The highest BCUT2D eigenvalue weighted by molar-refractivity contribution is 7.68. The lowest BCUT2D eigenvalue weighted by Gasteiger charge is -2.22. The summed E-state index contributed by atoms with van der Waals surface area (Å²) in [6.07, 6.45) is -3.73. The number of hydrogen-bond acceptors (Lipinski definition) is 11. The van der Waals surface area contributed by atoms with Crippen LogP contribution in [0.15, 0.2) is 6.33 Å². The average Bonchev–Trinajstić information content (AvgIpc) is 3.04. The van der Waals surface area contributed by atoms with Crippen molar-refractivity contribution >= 4 is 38.0 Å². The van der Waals surface area contributed by atoms with Crippen molar-refractivity contribution in [3.63, 3.8) is 0 Å². The Kier molecular flexibility index (Phi) is 6.65. The molecule has 0 aromatic carbocycles. The van der Waals surface area contributed by atoms with E-state index >= 15 is 0 Å². The maximum Gasteiger partial charge on any atom is 0.477 e. The molecule has 9 N–H and O–H groups in total. The molecule has 2 aromatic heterocycles. The van der Waals surface area contributed by atoms with Crippen LogP contribution in [0, 0.1) is 0 Å². The molecule has 1 unspecified atom stereocenters. The molecule has 0 saturated heterocycles. The van der Waals surface area contributed by atoms with Crippen molar-refractivity contribution in [2.24, 2.45) is 0 Å². The molecule has 0 fully saturated rings. The van der Waals surface area contributed by atoms with Gasteiger partial charge in [0, 0.05) is 6.54 Å². The number of aliphatic hydroxyl groups excluding tert-OH is 4. The maximum absolute atomic E-state index is 12.0. The fourth-order valence-corrected chi connectivity index (χ4v) is 3.84. The molecular formula is C10H17N5O10P2. The van der Waals surface area contributed by atoms with Gasteiger partial charge in [-0.1, -0.05) is 0 Å². The highest BCUT2D eigenvalue weighted by Crippen LogP contribution is 2.55. The highest BCUT2D eigenvalue weighted by atomic mass is 31.3. The van der Waals surface area contributed by atoms with E-state index in [4.69, 9.17) is 14.9 Å². The molecule has 0 saturated carbocycles. The number of fused-ring (bicyclic) bond motifs is 1. The van der Waals surface area contributed by atoms with Gasteiger partial charge in [-0.05, 0) is 0 Å². The van der Waals surface area contributed by atoms with Crippen molar-refractivity contribution < 1.29 is 48.5 Å². The first-order valence-electron chi connectivity index (χ1n) is 7.15. The fourth-order valence-electron chi connectivity index (χ4n) is 1.94. The van der Waals surface area contributed by atoms with E-state index in [1.54, 1.807) is 0 Å². The second-order valence-electron chi connectivity index (χ2n) is 5.25. The van der Waals surface area contributed by atoms with Gasteiger partial charge in [-0.3, -0.25) is 4.57 Å². The van der Waals surface area contributed by atoms with Crippen LogP contribution < -0.4 is 10.9 Å². The van der Waals surface area contributed by atoms with Crippen LogP contribution in [0.3, 0.4) is 0 Å². The first kappa shape index (κ1) is 21.8. The topological polar surface area (TPSA) is 251 Å². The summed E-state index contributed by atoms with van der Waals surface area (Å²) in [5.74, 6) is -0.208. The Bertz CT molecular complexity index is 886. The van der Waals surface area contributed by atoms with Crippen molar-refractivity contribution in [3.05, 3.63) is 6.33 Å². The minimum absolute atomic E-state index is 0.110. The molecule has 27 heavy (non-hydrogen) atoms. The second-order valence-corrected chi connectivity index (χ2v) is 8.33. The van der Waals surface area contributed by atoms with Crippen LogP contribution in [-0.2, 0) is 13.4 Å². The number of aliphatic hydroxyl groups is 4. The SMILES string of the molecule is O=P(O)(O)OP(=O)(O)c1nc(NC[C@H](O)[C@H](O)[C@H](O)CO)c2[nH]cnc2n1. The third-order valence-electron chi connectivity index (χ3n) is 3.20. The summed E-state index contributed by atoms with van der Waals surface area (Å²) in [7, 11) is -10.5. The zero-order valence-electron chi connectivity index (χ0n) is 13.3. The molecule has 0 radical (unpaired) electrons. The lowest BCUT2D eigenvalue weighted by atomic mass is 10.1. The van der Waals surface area contributed by atoms with Gasteiger partial charge in [-0.2, -0.15) is 4.98 Å². The number of nitrogens with one attached hydrogen (secondary N) is 2. The summed E-state index contributed by atoms with van der Waals surface area (Å²) in [5.41, 5.74) is -1.02. The third-order valence-corrected chi connectivity index (χ3v) is 5.64. The summed E-state index contributed by atoms with van der Waals surface area (Å²) in [6.45, 7) is -1.23. The summed E-state index contributed by atoms with van der Waals surface area (Å²) in [4.78, 5) is 40.8. The van der Waals surface area contributed by atoms with E-state index < -0.39 is 52.4 Å². The lowest BCUT2D eigenvalue weighted by molar-refractivity contribution is -0.0715. The predicted octanol–water partition coefficient (Wildman–Crippen LogP) is -3.24. The van der Waals surface area contributed by atoms with Crippen LogP contribution in [0.2, 0.25) is 0 Å². The van der Waals surface area contributed by atoms with E-state index in [2.05, 4.69) is 29.6 Å². The van der Waals surface area contributed by atoms with Gasteiger partial charge < -0.3 is 45.4 Å². The van der Waals surface area contributed by atoms with E-state index in [1.165, 1.54) is 0 Å². The number of aromatic amines is 1. The maximum atomic E-state index is 12.0. The molecule has 0 aliphatic heterocycles. The molecule has 15 nitrogen and oxygen atoms in total. The van der Waals surface area contributed by atoms with Crippen molar-refractivity contribution in [3.8, 4) is 0 Å². The number of imidazole rings is 1. The Morgan fingerprint density at radius 2 is 1.81 bits per heavy atom. The first-order valence-corrected chi connectivity index (χ1v) is 10.3. The number of anilines is 1. The Hall–Kier alpha value is -1.51. The smallest absolute Gasteiger partial charge is 0.394 e. The summed E-state index contributed by atoms with van der Waals surface area (Å²) < 4.78 is 26.7. The molecule has 2 aromatic rings. The Morgan fingerprint density at radius 3 is 2.41 bits per heavy atom. The number of aromatic nitrogens is 4. The third kappa shape index (κ3) is 5.49. The second kappa shape index (κ2) is 8.24. The Morgan fingerprint density at radius 1 is 1.15 bits per heavy atom. The van der Waals surface area contributed by atoms with E-state index in [0.717, 1.165) is 6.33 Å². The van der Waals surface area contributed by atoms with Crippen molar-refractivity contribution in [2.45, 2.75) is 18.3 Å². The van der Waals surface area contributed by atoms with Crippen LogP contribution in [0.5, 0.6) is 0 Å². The lowest BCUT2D eigenvalue weighted by Crippen LogP contribution is -2.43. The largest absolute Gasteiger partial charge is 0.477 e. The molecule has 0 spiro atoms. The van der Waals surface area contributed by atoms with Gasteiger partial charge >= 0.3 is 15.4 Å². The molecule has 2 rings (SSSR count). The van der Waals surface area contributed by atoms with E-state index in [1.807, 2.05) is 0 Å². The summed E-state index contributed by atoms with van der Waals surface area (Å²) in [6, 6.07) is 0. The minimum atomic E-state index is -5.34. The molecule has 0 bridgehead atoms. The van der Waals surface area contributed by atoms with Gasteiger partial charge in [0.2, 0.25) is 5.57 Å². The molecule has 152 valence electrons. The van der Waals surface area contributed by atoms with Gasteiger partial charge in [0.05, 0.1) is 19.0 Å². The summed E-state index contributed by atoms with van der Waals surface area (Å²) in [5, 5.41) is 40.0. The van der Waals surface area contributed by atoms with Crippen molar-refractivity contribution in [1.82, 2.24) is 19.9 Å². The average molecular weight is 429 g/mol. The molecule has 0 aliphatic carbocycles. The van der Waals surface area contributed by atoms with Crippen LogP contribution >= 0.6 is 15.4 Å². The zero-order valence-corrected chi connectivity index (χ0v) is 15.1. The first-order chi connectivity index (χ1) is 12.4. The van der Waals surface area contributed by atoms with Gasteiger partial charge in [0.15, 0.2) is 11.5 Å². The Balaban J connectivity index is 2.30. The van der Waals surface area contributed by atoms with E-state index in [9.17, 15) is 29.3 Å². The van der Waals surface area contributed by atoms with Crippen molar-refractivity contribution in [2.75, 3.05) is 18.5 Å². The molecule has 0 amide bonds. The molecular weight excluding hydrogens is 412 g/mol. The van der Waals surface area contributed by atoms with Crippen LogP contribution in [-0.4, -0.2) is 86.5 Å². The van der Waals surface area contributed by atoms with Crippen LogP contribution in [0.4, 0.5) is 5.82 Å². The van der Waals surface area contributed by atoms with Crippen LogP contribution in [0.1, 0.15) is 0 Å². The van der Waals surface area contributed by atoms with Gasteiger partial charge in [-0.15, -0.1) is 0 Å². The molecule has 2 heterocycles. The van der Waals surface area contributed by atoms with E-state index in [-0.39, 0.29) is 17.0 Å². The number of nitrogens with zero attached hydrogens (tertiary/aromatic N) is 3. The number of phosphoric acid groups is 1. The minimum Gasteiger partial charge on any atom is -0.394 e. The number of rotatable bonds is 9. The van der Waals surface area contributed by atoms with Crippen molar-refractivity contribution in [1.29, 1.82) is 0 Å². The molecule has 4 atom stereocenters. The molecule has 17 heteroatoms.